The Morgan fingerprint density at radius 2 is 2.33 bits per heavy atom. The molecule has 0 saturated carbocycles. The molecule has 1 N–H and O–H groups in total. The van der Waals surface area contributed by atoms with E-state index in [0.29, 0.717) is 6.54 Å². The van der Waals surface area contributed by atoms with Crippen LogP contribution in [0.2, 0.25) is 5.15 Å². The summed E-state index contributed by atoms with van der Waals surface area (Å²) in [4.78, 5) is 16.0. The van der Waals surface area contributed by atoms with Crippen LogP contribution in [0, 0.1) is 0 Å². The highest BCUT2D eigenvalue weighted by Gasteiger charge is 2.12. The number of carbonyl (C=O) groups is 1. The first-order valence-corrected chi connectivity index (χ1v) is 6.59. The monoisotopic (exact) mass is 282 g/mol. The van der Waals surface area contributed by atoms with Gasteiger partial charge >= 0.3 is 0 Å². The topological polar surface area (TPSA) is 67.8 Å². The van der Waals surface area contributed by atoms with Crippen molar-refractivity contribution in [2.24, 2.45) is 0 Å². The Morgan fingerprint density at radius 3 is 2.94 bits per heavy atom. The van der Waals surface area contributed by atoms with Crippen molar-refractivity contribution in [2.45, 2.75) is 12.8 Å². The zero-order valence-corrected chi connectivity index (χ0v) is 11.2. The third-order valence-electron chi connectivity index (χ3n) is 2.31. The van der Waals surface area contributed by atoms with Crippen molar-refractivity contribution in [2.75, 3.05) is 6.54 Å². The van der Waals surface area contributed by atoms with Crippen LogP contribution in [0.1, 0.15) is 28.3 Å². The minimum atomic E-state index is -0.262. The minimum absolute atomic E-state index is 0.175. The van der Waals surface area contributed by atoms with Gasteiger partial charge in [-0.25, -0.2) is 4.98 Å². The number of rotatable bonds is 4. The van der Waals surface area contributed by atoms with Crippen molar-refractivity contribution in [3.05, 3.63) is 39.6 Å². The summed E-state index contributed by atoms with van der Waals surface area (Å²) in [6.45, 7) is 2.52. The van der Waals surface area contributed by atoms with Gasteiger partial charge < -0.3 is 5.32 Å². The van der Waals surface area contributed by atoms with E-state index in [1.54, 1.807) is 23.6 Å². The van der Waals surface area contributed by atoms with Crippen molar-refractivity contribution in [1.82, 2.24) is 20.5 Å². The summed E-state index contributed by atoms with van der Waals surface area (Å²) in [7, 11) is 0. The molecule has 7 heteroatoms. The summed E-state index contributed by atoms with van der Waals surface area (Å²) in [5.74, 6) is -0.0863. The highest BCUT2D eigenvalue weighted by atomic mass is 35.5. The Hall–Kier alpha value is -1.53. The summed E-state index contributed by atoms with van der Waals surface area (Å²) in [5.41, 5.74) is 0.255. The molecule has 0 spiro atoms. The quantitative estimate of drug-likeness (QED) is 0.933. The zero-order valence-electron chi connectivity index (χ0n) is 9.63. The Morgan fingerprint density at radius 1 is 1.50 bits per heavy atom. The summed E-state index contributed by atoms with van der Waals surface area (Å²) < 4.78 is 0. The highest BCUT2D eigenvalue weighted by Crippen LogP contribution is 2.16. The van der Waals surface area contributed by atoms with Crippen molar-refractivity contribution in [3.8, 4) is 0 Å². The lowest BCUT2D eigenvalue weighted by atomic mass is 10.2. The molecule has 0 bridgehead atoms. The largest absolute Gasteiger partial charge is 0.350 e. The van der Waals surface area contributed by atoms with Gasteiger partial charge in [0.25, 0.3) is 5.91 Å². The molecule has 2 rings (SSSR count). The molecule has 2 heterocycles. The van der Waals surface area contributed by atoms with E-state index in [1.165, 1.54) is 6.07 Å². The molecule has 0 aromatic carbocycles. The number of hydrogen-bond acceptors (Lipinski definition) is 5. The second kappa shape index (κ2) is 5.88. The van der Waals surface area contributed by atoms with Gasteiger partial charge in [-0.3, -0.25) is 4.79 Å². The summed E-state index contributed by atoms with van der Waals surface area (Å²) in [6, 6.07) is 3.08. The van der Waals surface area contributed by atoms with Crippen LogP contribution in [0.15, 0.2) is 23.7 Å². The average molecular weight is 283 g/mol. The second-order valence-electron chi connectivity index (χ2n) is 3.72. The molecule has 0 aliphatic carbocycles. The molecule has 1 amide bonds. The molecule has 0 fully saturated rings. The van der Waals surface area contributed by atoms with Gasteiger partial charge in [-0.2, -0.15) is 0 Å². The van der Waals surface area contributed by atoms with Gasteiger partial charge in [0.2, 0.25) is 0 Å². The van der Waals surface area contributed by atoms with Gasteiger partial charge in [0, 0.05) is 24.0 Å². The molecule has 1 atom stereocenters. The van der Waals surface area contributed by atoms with E-state index in [1.807, 2.05) is 12.3 Å². The van der Waals surface area contributed by atoms with Crippen LogP contribution in [0.4, 0.5) is 0 Å². The molecule has 0 aliphatic heterocycles. The summed E-state index contributed by atoms with van der Waals surface area (Å²) >= 11 is 7.17. The predicted octanol–water partition coefficient (Wildman–Crippen LogP) is 2.12. The zero-order chi connectivity index (χ0) is 13.0. The number of carbonyl (C=O) groups excluding carboxylic acids is 1. The lowest BCUT2D eigenvalue weighted by molar-refractivity contribution is 0.0945. The van der Waals surface area contributed by atoms with E-state index >= 15 is 0 Å². The fraction of sp³-hybridized carbons (Fsp3) is 0.273. The van der Waals surface area contributed by atoms with Crippen molar-refractivity contribution in [1.29, 1.82) is 0 Å². The van der Waals surface area contributed by atoms with Gasteiger partial charge in [0.1, 0.15) is 0 Å². The first kappa shape index (κ1) is 12.9. The Labute approximate surface area is 113 Å². The Kier molecular flexibility index (Phi) is 4.22. The summed E-state index contributed by atoms with van der Waals surface area (Å²) in [6.07, 6.45) is 1.75. The maximum atomic E-state index is 11.8. The number of thiazole rings is 1. The van der Waals surface area contributed by atoms with Crippen LogP contribution in [-0.2, 0) is 0 Å². The molecule has 5 nitrogen and oxygen atoms in total. The van der Waals surface area contributed by atoms with E-state index in [0.717, 1.165) is 5.01 Å². The van der Waals surface area contributed by atoms with Crippen molar-refractivity contribution < 1.29 is 4.79 Å². The van der Waals surface area contributed by atoms with Crippen LogP contribution < -0.4 is 5.32 Å². The SMILES string of the molecule is CC(CNC(=O)c1ccc(Cl)nn1)c1nccs1. The molecule has 0 radical (unpaired) electrons. The maximum Gasteiger partial charge on any atom is 0.271 e. The second-order valence-corrected chi connectivity index (χ2v) is 5.04. The number of nitrogens with one attached hydrogen (secondary N) is 1. The fourth-order valence-electron chi connectivity index (χ4n) is 1.34. The molecule has 18 heavy (non-hydrogen) atoms. The van der Waals surface area contributed by atoms with Crippen LogP contribution in [0.3, 0.4) is 0 Å². The van der Waals surface area contributed by atoms with Gasteiger partial charge in [-0.1, -0.05) is 18.5 Å². The van der Waals surface area contributed by atoms with E-state index in [2.05, 4.69) is 20.5 Å². The molecular weight excluding hydrogens is 272 g/mol. The average Bonchev–Trinajstić information content (AvgIpc) is 2.90. The third-order valence-corrected chi connectivity index (χ3v) is 3.52. The van der Waals surface area contributed by atoms with E-state index in [4.69, 9.17) is 11.6 Å². The van der Waals surface area contributed by atoms with E-state index in [9.17, 15) is 4.79 Å². The number of nitrogens with zero attached hydrogens (tertiary/aromatic N) is 3. The van der Waals surface area contributed by atoms with Crippen LogP contribution in [0.5, 0.6) is 0 Å². The fourth-order valence-corrected chi connectivity index (χ4v) is 2.14. The minimum Gasteiger partial charge on any atom is -0.350 e. The van der Waals surface area contributed by atoms with Crippen molar-refractivity contribution >= 4 is 28.8 Å². The first-order valence-electron chi connectivity index (χ1n) is 5.33. The lowest BCUT2D eigenvalue weighted by Crippen LogP contribution is -2.28. The highest BCUT2D eigenvalue weighted by molar-refractivity contribution is 7.09. The Bertz CT molecular complexity index is 514. The smallest absolute Gasteiger partial charge is 0.271 e. The molecule has 94 valence electrons. The van der Waals surface area contributed by atoms with E-state index < -0.39 is 0 Å². The predicted molar refractivity (Wildman–Crippen MR) is 69.9 cm³/mol. The first-order chi connectivity index (χ1) is 8.66. The van der Waals surface area contributed by atoms with Gasteiger partial charge in [0.05, 0.1) is 5.01 Å². The van der Waals surface area contributed by atoms with E-state index in [-0.39, 0.29) is 22.7 Å². The number of hydrogen-bond donors (Lipinski definition) is 1. The van der Waals surface area contributed by atoms with Gasteiger partial charge in [0.15, 0.2) is 10.8 Å². The third kappa shape index (κ3) is 3.24. The molecule has 1 unspecified atom stereocenters. The molecule has 2 aromatic heterocycles. The normalized spacial score (nSPS) is 12.1. The van der Waals surface area contributed by atoms with Crippen LogP contribution in [-0.4, -0.2) is 27.6 Å². The molecule has 0 aliphatic rings. The molecule has 2 aromatic rings. The number of halogens is 1. The van der Waals surface area contributed by atoms with Crippen LogP contribution >= 0.6 is 22.9 Å². The van der Waals surface area contributed by atoms with Gasteiger partial charge in [-0.05, 0) is 12.1 Å². The van der Waals surface area contributed by atoms with Gasteiger partial charge in [-0.15, -0.1) is 21.5 Å². The molecular formula is C11H11ClN4OS. The number of aromatic nitrogens is 3. The van der Waals surface area contributed by atoms with Crippen LogP contribution in [0.25, 0.3) is 0 Å². The maximum absolute atomic E-state index is 11.8. The standard InChI is InChI=1S/C11H11ClN4OS/c1-7(11-13-4-5-18-11)6-14-10(17)8-2-3-9(12)16-15-8/h2-5,7H,6H2,1H3,(H,14,17). The van der Waals surface area contributed by atoms with Crippen molar-refractivity contribution in [3.63, 3.8) is 0 Å². The Balaban J connectivity index is 1.90. The number of amides is 1. The lowest BCUT2D eigenvalue weighted by Gasteiger charge is -2.09. The summed E-state index contributed by atoms with van der Waals surface area (Å²) in [5, 5.41) is 13.3. The molecule has 0 saturated heterocycles.